The summed E-state index contributed by atoms with van der Waals surface area (Å²) in [5.74, 6) is -2.68. The summed E-state index contributed by atoms with van der Waals surface area (Å²) in [5.41, 5.74) is 4.38. The molecule has 0 saturated heterocycles. The van der Waals surface area contributed by atoms with Crippen LogP contribution >= 0.6 is 0 Å². The fraction of sp³-hybridized carbons (Fsp3) is 0.273. The van der Waals surface area contributed by atoms with Crippen LogP contribution in [0.25, 0.3) is 0 Å². The highest BCUT2D eigenvalue weighted by Crippen LogP contribution is 1.99. The first-order valence-corrected chi connectivity index (χ1v) is 5.41. The number of carboxylic acid groups (broad SMARTS) is 1. The molecule has 5 N–H and O–H groups in total. The zero-order valence-corrected chi connectivity index (χ0v) is 9.88. The molecule has 1 heterocycles. The summed E-state index contributed by atoms with van der Waals surface area (Å²) >= 11 is 0. The van der Waals surface area contributed by atoms with Crippen LogP contribution < -0.4 is 16.6 Å². The second-order valence-electron chi connectivity index (χ2n) is 3.80. The zero-order valence-electron chi connectivity index (χ0n) is 9.88. The Morgan fingerprint density at radius 2 is 2.05 bits per heavy atom. The molecular weight excluding hydrogens is 254 g/mol. The van der Waals surface area contributed by atoms with Gasteiger partial charge < -0.3 is 21.1 Å². The van der Waals surface area contributed by atoms with E-state index in [-0.39, 0.29) is 18.5 Å². The van der Waals surface area contributed by atoms with Crippen molar-refractivity contribution in [1.82, 2.24) is 10.3 Å². The van der Waals surface area contributed by atoms with Gasteiger partial charge in [-0.3, -0.25) is 14.4 Å². The summed E-state index contributed by atoms with van der Waals surface area (Å²) in [6, 6.07) is 2.68. The maximum atomic E-state index is 11.7. The number of rotatable bonds is 6. The Balaban J connectivity index is 2.74. The molecule has 0 saturated carbocycles. The van der Waals surface area contributed by atoms with E-state index in [9.17, 15) is 19.2 Å². The number of amides is 2. The quantitative estimate of drug-likeness (QED) is 0.513. The van der Waals surface area contributed by atoms with Gasteiger partial charge in [-0.1, -0.05) is 6.07 Å². The van der Waals surface area contributed by atoms with E-state index in [0.717, 1.165) is 0 Å². The van der Waals surface area contributed by atoms with E-state index in [4.69, 9.17) is 10.8 Å². The Morgan fingerprint density at radius 3 is 2.58 bits per heavy atom. The molecule has 0 fully saturated rings. The van der Waals surface area contributed by atoms with Crippen molar-refractivity contribution in [3.05, 3.63) is 34.2 Å². The lowest BCUT2D eigenvalue weighted by Gasteiger charge is -2.13. The van der Waals surface area contributed by atoms with E-state index in [0.29, 0.717) is 0 Å². The lowest BCUT2D eigenvalue weighted by atomic mass is 10.1. The van der Waals surface area contributed by atoms with Gasteiger partial charge in [-0.2, -0.15) is 0 Å². The van der Waals surface area contributed by atoms with Gasteiger partial charge in [0, 0.05) is 12.5 Å². The van der Waals surface area contributed by atoms with Crippen LogP contribution in [0.2, 0.25) is 0 Å². The third kappa shape index (κ3) is 4.62. The van der Waals surface area contributed by atoms with Crippen molar-refractivity contribution in [3.8, 4) is 0 Å². The van der Waals surface area contributed by atoms with Crippen LogP contribution in [0.15, 0.2) is 23.0 Å². The van der Waals surface area contributed by atoms with Crippen molar-refractivity contribution in [1.29, 1.82) is 0 Å². The molecule has 8 heteroatoms. The molecule has 0 aliphatic rings. The van der Waals surface area contributed by atoms with Crippen molar-refractivity contribution in [2.24, 2.45) is 5.73 Å². The molecule has 0 radical (unpaired) electrons. The van der Waals surface area contributed by atoms with Gasteiger partial charge in [0.2, 0.25) is 11.5 Å². The molecule has 1 aromatic rings. The Bertz CT molecular complexity index is 551. The van der Waals surface area contributed by atoms with E-state index >= 15 is 0 Å². The van der Waals surface area contributed by atoms with Gasteiger partial charge in [0.05, 0.1) is 0 Å². The number of primary amides is 1. The van der Waals surface area contributed by atoms with E-state index in [2.05, 4.69) is 10.3 Å². The molecule has 0 aromatic carbocycles. The van der Waals surface area contributed by atoms with Crippen LogP contribution in [0.4, 0.5) is 0 Å². The monoisotopic (exact) mass is 267 g/mol. The smallest absolute Gasteiger partial charge is 0.326 e. The Hall–Kier alpha value is -2.64. The average Bonchev–Trinajstić information content (AvgIpc) is 2.33. The van der Waals surface area contributed by atoms with Crippen LogP contribution in [0.5, 0.6) is 0 Å². The van der Waals surface area contributed by atoms with Crippen molar-refractivity contribution in [2.75, 3.05) is 0 Å². The average molecular weight is 267 g/mol. The van der Waals surface area contributed by atoms with Crippen LogP contribution in [-0.4, -0.2) is 33.9 Å². The van der Waals surface area contributed by atoms with Crippen molar-refractivity contribution < 1.29 is 19.5 Å². The van der Waals surface area contributed by atoms with Gasteiger partial charge in [0.15, 0.2) is 0 Å². The summed E-state index contributed by atoms with van der Waals surface area (Å²) in [4.78, 5) is 46.5. The predicted molar refractivity (Wildman–Crippen MR) is 64.4 cm³/mol. The maximum absolute atomic E-state index is 11.7. The Labute approximate surface area is 107 Å². The van der Waals surface area contributed by atoms with Gasteiger partial charge >= 0.3 is 5.97 Å². The number of carbonyl (C=O) groups excluding carboxylic acids is 2. The number of nitrogens with two attached hydrogens (primary N) is 1. The molecule has 8 nitrogen and oxygen atoms in total. The van der Waals surface area contributed by atoms with Crippen molar-refractivity contribution in [3.63, 3.8) is 0 Å². The van der Waals surface area contributed by atoms with E-state index in [1.165, 1.54) is 18.2 Å². The summed E-state index contributed by atoms with van der Waals surface area (Å²) in [7, 11) is 0. The number of nitrogens with one attached hydrogen (secondary N) is 2. The van der Waals surface area contributed by atoms with Gasteiger partial charge in [0.25, 0.3) is 5.91 Å². The first kappa shape index (κ1) is 14.4. The second kappa shape index (κ2) is 6.34. The third-order valence-corrected chi connectivity index (χ3v) is 2.30. The molecule has 0 aliphatic heterocycles. The molecule has 1 rings (SSSR count). The van der Waals surface area contributed by atoms with Crippen LogP contribution in [0, 0.1) is 0 Å². The number of aromatic nitrogens is 1. The molecule has 102 valence electrons. The van der Waals surface area contributed by atoms with Crippen LogP contribution in [0.3, 0.4) is 0 Å². The van der Waals surface area contributed by atoms with Gasteiger partial charge in [-0.25, -0.2) is 4.79 Å². The van der Waals surface area contributed by atoms with E-state index < -0.39 is 29.4 Å². The highest BCUT2D eigenvalue weighted by molar-refractivity contribution is 5.95. The molecule has 0 unspecified atom stereocenters. The number of aromatic amines is 1. The molecule has 0 spiro atoms. The van der Waals surface area contributed by atoms with Crippen molar-refractivity contribution in [2.45, 2.75) is 18.9 Å². The number of carbonyl (C=O) groups is 3. The standard InChI is InChI=1S/C11H13N3O5/c12-8(15)5-4-7(11(18)19)14-10(17)6-2-1-3-9(16)13-6/h1-3,7H,4-5H2,(H2,12,15)(H,13,16)(H,14,17)(H,18,19)/t7-/m0/s1. The minimum Gasteiger partial charge on any atom is -0.480 e. The normalized spacial score (nSPS) is 11.6. The predicted octanol–water partition coefficient (Wildman–Crippen LogP) is -1.18. The lowest BCUT2D eigenvalue weighted by molar-refractivity contribution is -0.139. The number of H-pyrrole nitrogens is 1. The number of hydrogen-bond acceptors (Lipinski definition) is 4. The minimum absolute atomic E-state index is 0.0576. The first-order chi connectivity index (χ1) is 8.90. The highest BCUT2D eigenvalue weighted by Gasteiger charge is 2.21. The lowest BCUT2D eigenvalue weighted by Crippen LogP contribution is -2.42. The van der Waals surface area contributed by atoms with E-state index in [1.54, 1.807) is 0 Å². The summed E-state index contributed by atoms with van der Waals surface area (Å²) in [6.07, 6.45) is -0.282. The Kier molecular flexibility index (Phi) is 4.81. The minimum atomic E-state index is -1.28. The molecular formula is C11H13N3O5. The number of aliphatic carboxylic acids is 1. The van der Waals surface area contributed by atoms with Crippen LogP contribution in [-0.2, 0) is 9.59 Å². The topological polar surface area (TPSA) is 142 Å². The summed E-state index contributed by atoms with van der Waals surface area (Å²) < 4.78 is 0. The zero-order chi connectivity index (χ0) is 14.4. The second-order valence-corrected chi connectivity index (χ2v) is 3.80. The Morgan fingerprint density at radius 1 is 1.37 bits per heavy atom. The fourth-order valence-corrected chi connectivity index (χ4v) is 1.36. The van der Waals surface area contributed by atoms with Crippen molar-refractivity contribution >= 4 is 17.8 Å². The SMILES string of the molecule is NC(=O)CC[C@H](NC(=O)c1cccc(=O)[nH]1)C(=O)O. The van der Waals surface area contributed by atoms with Gasteiger partial charge in [-0.05, 0) is 12.5 Å². The molecule has 1 aromatic heterocycles. The fourth-order valence-electron chi connectivity index (χ4n) is 1.36. The van der Waals surface area contributed by atoms with Gasteiger partial charge in [0.1, 0.15) is 11.7 Å². The largest absolute Gasteiger partial charge is 0.480 e. The van der Waals surface area contributed by atoms with Crippen LogP contribution in [0.1, 0.15) is 23.3 Å². The highest BCUT2D eigenvalue weighted by atomic mass is 16.4. The molecule has 0 aliphatic carbocycles. The number of carboxylic acids is 1. The number of hydrogen-bond donors (Lipinski definition) is 4. The van der Waals surface area contributed by atoms with E-state index in [1.807, 2.05) is 0 Å². The third-order valence-electron chi connectivity index (χ3n) is 2.30. The summed E-state index contributed by atoms with van der Waals surface area (Å²) in [6.45, 7) is 0. The first-order valence-electron chi connectivity index (χ1n) is 5.41. The summed E-state index contributed by atoms with van der Waals surface area (Å²) in [5, 5.41) is 11.1. The van der Waals surface area contributed by atoms with Gasteiger partial charge in [-0.15, -0.1) is 0 Å². The molecule has 2 amide bonds. The molecule has 0 bridgehead atoms. The number of pyridine rings is 1. The molecule has 1 atom stereocenters. The maximum Gasteiger partial charge on any atom is 0.326 e. The molecule has 19 heavy (non-hydrogen) atoms.